The molecule has 1 saturated heterocycles. The largest absolute Gasteiger partial charge is 0.298 e. The maximum absolute atomic E-state index is 4.43. The molecule has 4 heteroatoms. The average molecular weight is 361 g/mol. The van der Waals surface area contributed by atoms with Crippen LogP contribution in [0.2, 0.25) is 0 Å². The monoisotopic (exact) mass is 360 g/mol. The number of benzene rings is 2. The van der Waals surface area contributed by atoms with Gasteiger partial charge in [-0.1, -0.05) is 72.8 Å². The molecule has 27 heavy (non-hydrogen) atoms. The summed E-state index contributed by atoms with van der Waals surface area (Å²) in [7, 11) is 0. The molecule has 1 aliphatic heterocycles. The molecular weight excluding hydrogens is 332 g/mol. The Morgan fingerprint density at radius 1 is 0.963 bits per heavy atom. The Bertz CT molecular complexity index is 828. The van der Waals surface area contributed by atoms with Crippen LogP contribution in [0.25, 0.3) is 0 Å². The Kier molecular flexibility index (Phi) is 5.64. The van der Waals surface area contributed by atoms with E-state index in [1.807, 2.05) is 4.68 Å². The van der Waals surface area contributed by atoms with Gasteiger partial charge in [-0.3, -0.25) is 9.58 Å². The molecule has 0 amide bonds. The summed E-state index contributed by atoms with van der Waals surface area (Å²) in [6.45, 7) is 6.34. The third kappa shape index (κ3) is 4.45. The van der Waals surface area contributed by atoms with Gasteiger partial charge in [-0.05, 0) is 29.9 Å². The molecule has 1 fully saturated rings. The van der Waals surface area contributed by atoms with Crippen molar-refractivity contribution in [2.24, 2.45) is 5.92 Å². The van der Waals surface area contributed by atoms with Crippen molar-refractivity contribution in [3.05, 3.63) is 83.7 Å². The second kappa shape index (κ2) is 8.49. The van der Waals surface area contributed by atoms with E-state index in [-0.39, 0.29) is 0 Å². The van der Waals surface area contributed by atoms with Crippen molar-refractivity contribution in [2.75, 3.05) is 13.1 Å². The molecule has 1 aromatic heterocycles. The summed E-state index contributed by atoms with van der Waals surface area (Å²) in [6.07, 6.45) is 4.21. The zero-order chi connectivity index (χ0) is 18.5. The van der Waals surface area contributed by atoms with Gasteiger partial charge < -0.3 is 0 Å². The maximum Gasteiger partial charge on any atom is 0.0830 e. The Morgan fingerprint density at radius 2 is 1.70 bits per heavy atom. The van der Waals surface area contributed by atoms with E-state index in [0.29, 0.717) is 11.8 Å². The molecule has 0 unspecified atom stereocenters. The minimum Gasteiger partial charge on any atom is -0.298 e. The van der Waals surface area contributed by atoms with E-state index in [4.69, 9.17) is 0 Å². The van der Waals surface area contributed by atoms with E-state index >= 15 is 0 Å². The van der Waals surface area contributed by atoms with Gasteiger partial charge in [-0.25, -0.2) is 0 Å². The van der Waals surface area contributed by atoms with Crippen molar-refractivity contribution >= 4 is 0 Å². The lowest BCUT2D eigenvalue weighted by Crippen LogP contribution is -2.20. The first kappa shape index (κ1) is 17.9. The molecule has 4 rings (SSSR count). The van der Waals surface area contributed by atoms with E-state index < -0.39 is 0 Å². The van der Waals surface area contributed by atoms with Gasteiger partial charge in [-0.2, -0.15) is 0 Å². The summed E-state index contributed by atoms with van der Waals surface area (Å²) >= 11 is 0. The standard InChI is InChI=1S/C23H28N4/c1-2-13-27-17-22(24-25-27)14-21-16-26(15-19-9-5-3-6-10-19)18-23(21)20-11-7-4-8-12-20/h3-12,17,21,23H,2,13-16,18H2,1H3/t21-,23+/m0/s1. The van der Waals surface area contributed by atoms with E-state index in [1.165, 1.54) is 11.1 Å². The Morgan fingerprint density at radius 3 is 2.44 bits per heavy atom. The molecule has 0 N–H and O–H groups in total. The molecule has 2 aromatic carbocycles. The lowest BCUT2D eigenvalue weighted by Gasteiger charge is -2.17. The van der Waals surface area contributed by atoms with Crippen molar-refractivity contribution in [1.29, 1.82) is 0 Å². The van der Waals surface area contributed by atoms with Crippen LogP contribution >= 0.6 is 0 Å². The average Bonchev–Trinajstić information content (AvgIpc) is 3.31. The smallest absolute Gasteiger partial charge is 0.0830 e. The quantitative estimate of drug-likeness (QED) is 0.635. The van der Waals surface area contributed by atoms with Crippen LogP contribution in [0.3, 0.4) is 0 Å². The number of rotatable bonds is 7. The minimum atomic E-state index is 0.547. The normalized spacial score (nSPS) is 20.2. The van der Waals surface area contributed by atoms with Crippen molar-refractivity contribution in [2.45, 2.75) is 38.8 Å². The van der Waals surface area contributed by atoms with Crippen LogP contribution in [0.4, 0.5) is 0 Å². The van der Waals surface area contributed by atoms with Crippen LogP contribution in [0.15, 0.2) is 66.9 Å². The Hall–Kier alpha value is -2.46. The summed E-state index contributed by atoms with van der Waals surface area (Å²) in [4.78, 5) is 2.59. The van der Waals surface area contributed by atoms with Crippen LogP contribution in [-0.4, -0.2) is 33.0 Å². The van der Waals surface area contributed by atoms with Crippen LogP contribution in [-0.2, 0) is 19.5 Å². The van der Waals surface area contributed by atoms with Crippen LogP contribution < -0.4 is 0 Å². The molecule has 1 aliphatic rings. The third-order valence-corrected chi connectivity index (χ3v) is 5.50. The number of hydrogen-bond acceptors (Lipinski definition) is 3. The number of nitrogens with zero attached hydrogens (tertiary/aromatic N) is 4. The molecular formula is C23H28N4. The lowest BCUT2D eigenvalue weighted by atomic mass is 9.86. The minimum absolute atomic E-state index is 0.547. The summed E-state index contributed by atoms with van der Waals surface area (Å²) in [6, 6.07) is 21.8. The second-order valence-electron chi connectivity index (χ2n) is 7.63. The fraction of sp³-hybridized carbons (Fsp3) is 0.391. The van der Waals surface area contributed by atoms with Crippen molar-refractivity contribution in [3.8, 4) is 0 Å². The number of aryl methyl sites for hydroxylation is 1. The van der Waals surface area contributed by atoms with Crippen LogP contribution in [0, 0.1) is 5.92 Å². The van der Waals surface area contributed by atoms with Crippen molar-refractivity contribution in [1.82, 2.24) is 19.9 Å². The Labute approximate surface area is 161 Å². The SMILES string of the molecule is CCCn1cc(C[C@H]2CN(Cc3ccccc3)C[C@@H]2c2ccccc2)nn1. The van der Waals surface area contributed by atoms with Gasteiger partial charge in [-0.15, -0.1) is 5.10 Å². The predicted octanol–water partition coefficient (Wildman–Crippen LogP) is 4.15. The molecule has 2 heterocycles. The highest BCUT2D eigenvalue weighted by Gasteiger charge is 2.34. The van der Waals surface area contributed by atoms with Gasteiger partial charge in [0, 0.05) is 38.3 Å². The summed E-state index contributed by atoms with van der Waals surface area (Å²) in [5.74, 6) is 1.12. The Balaban J connectivity index is 1.50. The van der Waals surface area contributed by atoms with Crippen LogP contribution in [0.1, 0.15) is 36.1 Å². The zero-order valence-corrected chi connectivity index (χ0v) is 16.0. The van der Waals surface area contributed by atoms with Gasteiger partial charge in [0.05, 0.1) is 5.69 Å². The number of likely N-dealkylation sites (tertiary alicyclic amines) is 1. The molecule has 0 spiro atoms. The molecule has 0 bridgehead atoms. The summed E-state index contributed by atoms with van der Waals surface area (Å²) in [5.41, 5.74) is 3.95. The second-order valence-corrected chi connectivity index (χ2v) is 7.63. The highest BCUT2D eigenvalue weighted by molar-refractivity contribution is 5.24. The summed E-state index contributed by atoms with van der Waals surface area (Å²) < 4.78 is 1.98. The highest BCUT2D eigenvalue weighted by Crippen LogP contribution is 2.35. The lowest BCUT2D eigenvalue weighted by molar-refractivity contribution is 0.315. The molecule has 3 aromatic rings. The first-order chi connectivity index (χ1) is 13.3. The van der Waals surface area contributed by atoms with Gasteiger partial charge in [0.25, 0.3) is 0 Å². The van der Waals surface area contributed by atoms with Crippen LogP contribution in [0.5, 0.6) is 0 Å². The molecule has 0 aliphatic carbocycles. The van der Waals surface area contributed by atoms with Gasteiger partial charge in [0.1, 0.15) is 0 Å². The predicted molar refractivity (Wildman–Crippen MR) is 108 cm³/mol. The third-order valence-electron chi connectivity index (χ3n) is 5.50. The zero-order valence-electron chi connectivity index (χ0n) is 16.0. The fourth-order valence-corrected chi connectivity index (χ4v) is 4.26. The van der Waals surface area contributed by atoms with E-state index in [1.54, 1.807) is 0 Å². The summed E-state index contributed by atoms with van der Waals surface area (Å²) in [5, 5.41) is 8.72. The molecule has 140 valence electrons. The molecule has 4 nitrogen and oxygen atoms in total. The van der Waals surface area contributed by atoms with Crippen molar-refractivity contribution in [3.63, 3.8) is 0 Å². The first-order valence-electron chi connectivity index (χ1n) is 10.0. The highest BCUT2D eigenvalue weighted by atomic mass is 15.4. The van der Waals surface area contributed by atoms with Gasteiger partial charge >= 0.3 is 0 Å². The molecule has 0 saturated carbocycles. The fourth-order valence-electron chi connectivity index (χ4n) is 4.26. The maximum atomic E-state index is 4.43. The van der Waals surface area contributed by atoms with Gasteiger partial charge in [0.2, 0.25) is 0 Å². The van der Waals surface area contributed by atoms with Crippen molar-refractivity contribution < 1.29 is 0 Å². The number of aromatic nitrogens is 3. The van der Waals surface area contributed by atoms with E-state index in [9.17, 15) is 0 Å². The van der Waals surface area contributed by atoms with E-state index in [2.05, 4.69) is 89.0 Å². The van der Waals surface area contributed by atoms with E-state index in [0.717, 1.165) is 44.7 Å². The van der Waals surface area contributed by atoms with Gasteiger partial charge in [0.15, 0.2) is 0 Å². The molecule has 0 radical (unpaired) electrons. The molecule has 2 atom stereocenters. The topological polar surface area (TPSA) is 34.0 Å². The first-order valence-corrected chi connectivity index (χ1v) is 10.0. The number of hydrogen-bond donors (Lipinski definition) is 0.